The minimum Gasteiger partial charge on any atom is -0.361 e. The van der Waals surface area contributed by atoms with Crippen molar-refractivity contribution in [3.63, 3.8) is 0 Å². The van der Waals surface area contributed by atoms with E-state index in [1.54, 1.807) is 11.9 Å². The second-order valence-electron chi connectivity index (χ2n) is 5.01. The van der Waals surface area contributed by atoms with Gasteiger partial charge in [-0.25, -0.2) is 4.79 Å². The fourth-order valence-electron chi connectivity index (χ4n) is 1.85. The fraction of sp³-hybridized carbons (Fsp3) is 0.333. The number of carbonyl (C=O) groups excluding carboxylic acids is 1. The van der Waals surface area contributed by atoms with Crippen LogP contribution in [0.15, 0.2) is 28.8 Å². The third-order valence-electron chi connectivity index (χ3n) is 3.18. The SMILES string of the molecule is Cc1cc(CN(C)C(=O)Nc2ccc(C)c(C)c2)no1. The molecule has 0 fully saturated rings. The molecule has 20 heavy (non-hydrogen) atoms. The smallest absolute Gasteiger partial charge is 0.321 e. The van der Waals surface area contributed by atoms with Gasteiger partial charge >= 0.3 is 6.03 Å². The Balaban J connectivity index is 1.98. The highest BCUT2D eigenvalue weighted by atomic mass is 16.5. The Labute approximate surface area is 118 Å². The van der Waals surface area contributed by atoms with Gasteiger partial charge in [0.25, 0.3) is 0 Å². The van der Waals surface area contributed by atoms with Crippen LogP contribution in [0.5, 0.6) is 0 Å². The molecular weight excluding hydrogens is 254 g/mol. The Morgan fingerprint density at radius 3 is 2.60 bits per heavy atom. The lowest BCUT2D eigenvalue weighted by Crippen LogP contribution is -2.30. The number of hydrogen-bond donors (Lipinski definition) is 1. The van der Waals surface area contributed by atoms with Crippen molar-refractivity contribution in [1.29, 1.82) is 0 Å². The van der Waals surface area contributed by atoms with E-state index in [2.05, 4.69) is 10.5 Å². The van der Waals surface area contributed by atoms with Crippen molar-refractivity contribution >= 4 is 11.7 Å². The Morgan fingerprint density at radius 1 is 1.25 bits per heavy atom. The molecule has 0 aliphatic heterocycles. The normalized spacial score (nSPS) is 10.4. The van der Waals surface area contributed by atoms with Crippen LogP contribution >= 0.6 is 0 Å². The molecule has 5 heteroatoms. The topological polar surface area (TPSA) is 58.4 Å². The molecule has 5 nitrogen and oxygen atoms in total. The minimum absolute atomic E-state index is 0.172. The maximum absolute atomic E-state index is 12.1. The van der Waals surface area contributed by atoms with Crippen molar-refractivity contribution in [3.05, 3.63) is 46.8 Å². The van der Waals surface area contributed by atoms with E-state index in [0.717, 1.165) is 22.7 Å². The van der Waals surface area contributed by atoms with Crippen molar-refractivity contribution in [1.82, 2.24) is 10.1 Å². The number of benzene rings is 1. The molecular formula is C15H19N3O2. The number of anilines is 1. The Hall–Kier alpha value is -2.30. The summed E-state index contributed by atoms with van der Waals surface area (Å²) in [4.78, 5) is 13.6. The summed E-state index contributed by atoms with van der Waals surface area (Å²) in [6.45, 7) is 6.30. The first-order valence-corrected chi connectivity index (χ1v) is 6.47. The number of aromatic nitrogens is 1. The zero-order chi connectivity index (χ0) is 14.7. The minimum atomic E-state index is -0.172. The fourth-order valence-corrected chi connectivity index (χ4v) is 1.85. The van der Waals surface area contributed by atoms with Crippen LogP contribution in [0.25, 0.3) is 0 Å². The van der Waals surface area contributed by atoms with Crippen molar-refractivity contribution in [2.24, 2.45) is 0 Å². The molecule has 106 valence electrons. The molecule has 0 radical (unpaired) electrons. The van der Waals surface area contributed by atoms with Gasteiger partial charge in [-0.2, -0.15) is 0 Å². The van der Waals surface area contributed by atoms with E-state index in [4.69, 9.17) is 4.52 Å². The zero-order valence-electron chi connectivity index (χ0n) is 12.2. The second-order valence-corrected chi connectivity index (χ2v) is 5.01. The van der Waals surface area contributed by atoms with Crippen LogP contribution in [0.4, 0.5) is 10.5 Å². The van der Waals surface area contributed by atoms with E-state index in [1.807, 2.05) is 45.0 Å². The number of nitrogens with zero attached hydrogens (tertiary/aromatic N) is 2. The molecule has 0 saturated carbocycles. The number of urea groups is 1. The van der Waals surface area contributed by atoms with E-state index in [0.29, 0.717) is 6.54 Å². The van der Waals surface area contributed by atoms with Crippen molar-refractivity contribution < 1.29 is 9.32 Å². The van der Waals surface area contributed by atoms with Crippen LogP contribution in [-0.4, -0.2) is 23.1 Å². The lowest BCUT2D eigenvalue weighted by atomic mass is 10.1. The van der Waals surface area contributed by atoms with Gasteiger partial charge in [0.15, 0.2) is 0 Å². The summed E-state index contributed by atoms with van der Waals surface area (Å²) in [6.07, 6.45) is 0. The van der Waals surface area contributed by atoms with E-state index in [9.17, 15) is 4.79 Å². The molecule has 1 N–H and O–H groups in total. The molecule has 1 aromatic carbocycles. The maximum atomic E-state index is 12.1. The number of rotatable bonds is 3. The zero-order valence-corrected chi connectivity index (χ0v) is 12.2. The first-order valence-electron chi connectivity index (χ1n) is 6.47. The van der Waals surface area contributed by atoms with Gasteiger partial charge in [0.1, 0.15) is 11.5 Å². The van der Waals surface area contributed by atoms with Crippen molar-refractivity contribution in [2.75, 3.05) is 12.4 Å². The molecule has 1 aromatic heterocycles. The van der Waals surface area contributed by atoms with Gasteiger partial charge in [-0.3, -0.25) is 0 Å². The van der Waals surface area contributed by atoms with Crippen LogP contribution in [-0.2, 0) is 6.54 Å². The highest BCUT2D eigenvalue weighted by molar-refractivity contribution is 5.89. The highest BCUT2D eigenvalue weighted by Crippen LogP contribution is 2.15. The summed E-state index contributed by atoms with van der Waals surface area (Å²) in [7, 11) is 1.72. The van der Waals surface area contributed by atoms with Crippen LogP contribution in [0, 0.1) is 20.8 Å². The summed E-state index contributed by atoms with van der Waals surface area (Å²) < 4.78 is 4.98. The summed E-state index contributed by atoms with van der Waals surface area (Å²) in [5, 5.41) is 6.74. The predicted octanol–water partition coefficient (Wildman–Crippen LogP) is 3.26. The molecule has 2 amide bonds. The third kappa shape index (κ3) is 3.38. The number of hydrogen-bond acceptors (Lipinski definition) is 3. The van der Waals surface area contributed by atoms with Crippen LogP contribution < -0.4 is 5.32 Å². The Kier molecular flexibility index (Phi) is 4.08. The molecule has 0 spiro atoms. The molecule has 2 rings (SSSR count). The molecule has 0 aliphatic carbocycles. The predicted molar refractivity (Wildman–Crippen MR) is 77.6 cm³/mol. The average molecular weight is 273 g/mol. The van der Waals surface area contributed by atoms with E-state index in [-0.39, 0.29) is 6.03 Å². The average Bonchev–Trinajstić information content (AvgIpc) is 2.79. The maximum Gasteiger partial charge on any atom is 0.321 e. The van der Waals surface area contributed by atoms with Gasteiger partial charge in [-0.1, -0.05) is 11.2 Å². The number of carbonyl (C=O) groups is 1. The first-order chi connectivity index (χ1) is 9.45. The summed E-state index contributed by atoms with van der Waals surface area (Å²) >= 11 is 0. The lowest BCUT2D eigenvalue weighted by Gasteiger charge is -2.17. The van der Waals surface area contributed by atoms with Crippen molar-refractivity contribution in [3.8, 4) is 0 Å². The van der Waals surface area contributed by atoms with Gasteiger partial charge in [-0.05, 0) is 44.0 Å². The molecule has 1 heterocycles. The van der Waals surface area contributed by atoms with Gasteiger partial charge in [0.05, 0.1) is 6.54 Å². The number of aryl methyl sites for hydroxylation is 3. The van der Waals surface area contributed by atoms with Crippen molar-refractivity contribution in [2.45, 2.75) is 27.3 Å². The van der Waals surface area contributed by atoms with Gasteiger partial charge in [0.2, 0.25) is 0 Å². The van der Waals surface area contributed by atoms with Crippen LogP contribution in [0.3, 0.4) is 0 Å². The number of amides is 2. The van der Waals surface area contributed by atoms with E-state index >= 15 is 0 Å². The Bertz CT molecular complexity index is 619. The molecule has 0 bridgehead atoms. The van der Waals surface area contributed by atoms with Crippen LogP contribution in [0.2, 0.25) is 0 Å². The third-order valence-corrected chi connectivity index (χ3v) is 3.18. The summed E-state index contributed by atoms with van der Waals surface area (Å²) in [6, 6.07) is 7.50. The van der Waals surface area contributed by atoms with Crippen LogP contribution in [0.1, 0.15) is 22.6 Å². The molecule has 0 atom stereocenters. The monoisotopic (exact) mass is 273 g/mol. The van der Waals surface area contributed by atoms with E-state index < -0.39 is 0 Å². The Morgan fingerprint density at radius 2 is 2.00 bits per heavy atom. The van der Waals surface area contributed by atoms with Gasteiger partial charge in [-0.15, -0.1) is 0 Å². The summed E-state index contributed by atoms with van der Waals surface area (Å²) in [5.41, 5.74) is 3.88. The lowest BCUT2D eigenvalue weighted by molar-refractivity contribution is 0.219. The molecule has 0 unspecified atom stereocenters. The largest absolute Gasteiger partial charge is 0.361 e. The number of nitrogens with one attached hydrogen (secondary N) is 1. The molecule has 0 aliphatic rings. The van der Waals surface area contributed by atoms with Gasteiger partial charge in [0, 0.05) is 18.8 Å². The molecule has 0 saturated heterocycles. The molecule has 2 aromatic rings. The first kappa shape index (κ1) is 14.1. The van der Waals surface area contributed by atoms with Gasteiger partial charge < -0.3 is 14.7 Å². The second kappa shape index (κ2) is 5.77. The van der Waals surface area contributed by atoms with E-state index in [1.165, 1.54) is 5.56 Å². The standard InChI is InChI=1S/C15H19N3O2/c1-10-5-6-13(7-11(10)2)16-15(19)18(4)9-14-8-12(3)20-17-14/h5-8H,9H2,1-4H3,(H,16,19). The summed E-state index contributed by atoms with van der Waals surface area (Å²) in [5.74, 6) is 0.739. The highest BCUT2D eigenvalue weighted by Gasteiger charge is 2.11. The quantitative estimate of drug-likeness (QED) is 0.933.